The van der Waals surface area contributed by atoms with Gasteiger partial charge in [0.1, 0.15) is 0 Å². The molecule has 2 aliphatic rings. The predicted octanol–water partition coefficient (Wildman–Crippen LogP) is 3.12. The number of nitrogens with two attached hydrogens (primary N) is 1. The molecule has 3 atom stereocenters. The van der Waals surface area contributed by atoms with Gasteiger partial charge in [0.05, 0.1) is 12.6 Å². The molecular formula is C16H17ClF2N2O3. The van der Waals surface area contributed by atoms with E-state index in [1.54, 1.807) is 24.3 Å². The maximum Gasteiger partial charge on any atom is 0.411 e. The van der Waals surface area contributed by atoms with Crippen LogP contribution < -0.4 is 5.73 Å². The SMILES string of the molecule is NC(=O)C1CN([C@H](c2ccc(Cl)cc2)[C@@H]2CCC(F)(F)C2)C(=O)O1. The molecule has 0 radical (unpaired) electrons. The molecule has 2 N–H and O–H groups in total. The van der Waals surface area contributed by atoms with Crippen molar-refractivity contribution in [3.63, 3.8) is 0 Å². The minimum absolute atomic E-state index is 0.0382. The molecule has 1 saturated carbocycles. The summed E-state index contributed by atoms with van der Waals surface area (Å²) in [4.78, 5) is 24.8. The highest BCUT2D eigenvalue weighted by molar-refractivity contribution is 6.30. The van der Waals surface area contributed by atoms with Crippen LogP contribution in [0.25, 0.3) is 0 Å². The fourth-order valence-electron chi connectivity index (χ4n) is 3.48. The van der Waals surface area contributed by atoms with Gasteiger partial charge in [-0.2, -0.15) is 0 Å². The van der Waals surface area contributed by atoms with E-state index in [1.165, 1.54) is 4.90 Å². The number of alkyl halides is 2. The van der Waals surface area contributed by atoms with Crippen LogP contribution >= 0.6 is 11.6 Å². The Morgan fingerprint density at radius 2 is 2.04 bits per heavy atom. The van der Waals surface area contributed by atoms with E-state index >= 15 is 0 Å². The van der Waals surface area contributed by atoms with Gasteiger partial charge in [0.15, 0.2) is 6.10 Å². The van der Waals surface area contributed by atoms with E-state index in [-0.39, 0.29) is 25.8 Å². The van der Waals surface area contributed by atoms with Gasteiger partial charge in [-0.1, -0.05) is 23.7 Å². The van der Waals surface area contributed by atoms with Gasteiger partial charge in [0.2, 0.25) is 5.92 Å². The first-order valence-corrected chi connectivity index (χ1v) is 8.04. The summed E-state index contributed by atoms with van der Waals surface area (Å²) >= 11 is 5.89. The van der Waals surface area contributed by atoms with Gasteiger partial charge in [0, 0.05) is 17.9 Å². The second-order valence-electron chi connectivity index (χ2n) is 6.28. The summed E-state index contributed by atoms with van der Waals surface area (Å²) in [6.45, 7) is -0.0382. The minimum Gasteiger partial charge on any atom is -0.434 e. The van der Waals surface area contributed by atoms with Gasteiger partial charge in [-0.15, -0.1) is 0 Å². The first-order chi connectivity index (χ1) is 11.3. The van der Waals surface area contributed by atoms with Crippen LogP contribution in [0.2, 0.25) is 5.02 Å². The Kier molecular flexibility index (Phi) is 4.38. The van der Waals surface area contributed by atoms with E-state index in [9.17, 15) is 18.4 Å². The van der Waals surface area contributed by atoms with Crippen LogP contribution in [0, 0.1) is 5.92 Å². The second-order valence-corrected chi connectivity index (χ2v) is 6.72. The van der Waals surface area contributed by atoms with E-state index in [1.807, 2.05) is 0 Å². The number of rotatable bonds is 4. The topological polar surface area (TPSA) is 72.6 Å². The molecule has 1 aliphatic carbocycles. The summed E-state index contributed by atoms with van der Waals surface area (Å²) < 4.78 is 32.4. The highest BCUT2D eigenvalue weighted by atomic mass is 35.5. The number of benzene rings is 1. The summed E-state index contributed by atoms with van der Waals surface area (Å²) in [5.74, 6) is -3.93. The Labute approximate surface area is 142 Å². The van der Waals surface area contributed by atoms with Gasteiger partial charge in [-0.05, 0) is 30.0 Å². The van der Waals surface area contributed by atoms with Crippen LogP contribution in [-0.2, 0) is 9.53 Å². The Morgan fingerprint density at radius 1 is 1.38 bits per heavy atom. The molecule has 0 spiro atoms. The lowest BCUT2D eigenvalue weighted by Crippen LogP contribution is -2.37. The quantitative estimate of drug-likeness (QED) is 0.898. The van der Waals surface area contributed by atoms with E-state index in [0.29, 0.717) is 10.6 Å². The molecule has 1 aromatic carbocycles. The number of carbonyl (C=O) groups is 2. The number of amides is 2. The lowest BCUT2D eigenvalue weighted by atomic mass is 9.90. The van der Waals surface area contributed by atoms with Crippen LogP contribution in [0.5, 0.6) is 0 Å². The second kappa shape index (κ2) is 6.20. The van der Waals surface area contributed by atoms with Crippen LogP contribution in [0.4, 0.5) is 13.6 Å². The fourth-order valence-corrected chi connectivity index (χ4v) is 3.60. The third-order valence-electron chi connectivity index (χ3n) is 4.59. The molecule has 1 aliphatic heterocycles. The maximum absolute atomic E-state index is 13.7. The van der Waals surface area contributed by atoms with Gasteiger partial charge >= 0.3 is 6.09 Å². The Bertz CT molecular complexity index is 653. The van der Waals surface area contributed by atoms with Crippen molar-refractivity contribution < 1.29 is 23.1 Å². The van der Waals surface area contributed by atoms with Crippen LogP contribution in [-0.4, -0.2) is 35.5 Å². The zero-order valence-corrected chi connectivity index (χ0v) is 13.5. The van der Waals surface area contributed by atoms with Gasteiger partial charge in [0.25, 0.3) is 5.91 Å². The Morgan fingerprint density at radius 3 is 2.54 bits per heavy atom. The monoisotopic (exact) mass is 358 g/mol. The molecule has 3 rings (SSSR count). The van der Waals surface area contributed by atoms with Crippen molar-refractivity contribution in [2.75, 3.05) is 6.54 Å². The average molecular weight is 359 g/mol. The van der Waals surface area contributed by atoms with Crippen molar-refractivity contribution in [2.45, 2.75) is 37.3 Å². The fraction of sp³-hybridized carbons (Fsp3) is 0.500. The lowest BCUT2D eigenvalue weighted by Gasteiger charge is -2.31. The van der Waals surface area contributed by atoms with E-state index in [4.69, 9.17) is 22.1 Å². The largest absolute Gasteiger partial charge is 0.434 e. The van der Waals surface area contributed by atoms with Crippen molar-refractivity contribution >= 4 is 23.6 Å². The number of halogens is 3. The Balaban J connectivity index is 1.92. The zero-order valence-electron chi connectivity index (χ0n) is 12.8. The first-order valence-electron chi connectivity index (χ1n) is 7.67. The number of cyclic esters (lactones) is 1. The summed E-state index contributed by atoms with van der Waals surface area (Å²) in [7, 11) is 0. The number of hydrogen-bond acceptors (Lipinski definition) is 3. The lowest BCUT2D eigenvalue weighted by molar-refractivity contribution is -0.124. The van der Waals surface area contributed by atoms with Crippen molar-refractivity contribution in [3.05, 3.63) is 34.9 Å². The standard InChI is InChI=1S/C16H17ClF2N2O3/c17-11-3-1-9(2-4-11)13(10-5-6-16(18,19)7-10)21-8-12(14(20)22)24-15(21)23/h1-4,10,12-13H,5-8H2,(H2,20,22)/t10-,12?,13-/m1/s1. The molecule has 1 aromatic rings. The van der Waals surface area contributed by atoms with Crippen molar-refractivity contribution in [2.24, 2.45) is 11.7 Å². The van der Waals surface area contributed by atoms with Gasteiger partial charge in [-0.25, -0.2) is 13.6 Å². The number of primary amides is 1. The smallest absolute Gasteiger partial charge is 0.411 e. The average Bonchev–Trinajstić information content (AvgIpc) is 3.05. The molecular weight excluding hydrogens is 342 g/mol. The minimum atomic E-state index is -2.75. The van der Waals surface area contributed by atoms with Crippen LogP contribution in [0.15, 0.2) is 24.3 Å². The van der Waals surface area contributed by atoms with Gasteiger partial charge < -0.3 is 10.5 Å². The van der Waals surface area contributed by atoms with E-state index < -0.39 is 36.0 Å². The number of hydrogen-bond donors (Lipinski definition) is 1. The molecule has 0 bridgehead atoms. The van der Waals surface area contributed by atoms with Crippen LogP contribution in [0.1, 0.15) is 30.9 Å². The molecule has 24 heavy (non-hydrogen) atoms. The molecule has 130 valence electrons. The normalized spacial score (nSPS) is 27.1. The highest BCUT2D eigenvalue weighted by Crippen LogP contribution is 2.47. The third-order valence-corrected chi connectivity index (χ3v) is 4.84. The number of nitrogens with zero attached hydrogens (tertiary/aromatic N) is 1. The van der Waals surface area contributed by atoms with Crippen molar-refractivity contribution in [3.8, 4) is 0 Å². The summed E-state index contributed by atoms with van der Waals surface area (Å²) in [6, 6.07) is 6.09. The molecule has 1 heterocycles. The van der Waals surface area contributed by atoms with Gasteiger partial charge in [-0.3, -0.25) is 9.69 Å². The Hall–Kier alpha value is -1.89. The number of ether oxygens (including phenoxy) is 1. The summed E-state index contributed by atoms with van der Waals surface area (Å²) in [5, 5.41) is 0.508. The highest BCUT2D eigenvalue weighted by Gasteiger charge is 2.48. The van der Waals surface area contributed by atoms with E-state index in [2.05, 4.69) is 0 Å². The molecule has 5 nitrogen and oxygen atoms in total. The maximum atomic E-state index is 13.7. The summed E-state index contributed by atoms with van der Waals surface area (Å²) in [5.41, 5.74) is 5.88. The molecule has 2 fully saturated rings. The van der Waals surface area contributed by atoms with Crippen LogP contribution in [0.3, 0.4) is 0 Å². The third kappa shape index (κ3) is 3.31. The number of carbonyl (C=O) groups excluding carboxylic acids is 2. The van der Waals surface area contributed by atoms with Crippen molar-refractivity contribution in [1.82, 2.24) is 4.90 Å². The summed E-state index contributed by atoms with van der Waals surface area (Å²) in [6.07, 6.45) is -2.02. The molecule has 1 unspecified atom stereocenters. The first kappa shape index (κ1) is 17.0. The van der Waals surface area contributed by atoms with E-state index in [0.717, 1.165) is 0 Å². The molecule has 2 amide bonds. The zero-order chi connectivity index (χ0) is 17.5. The van der Waals surface area contributed by atoms with Crippen molar-refractivity contribution in [1.29, 1.82) is 0 Å². The molecule has 8 heteroatoms. The molecule has 0 aromatic heterocycles. The predicted molar refractivity (Wildman–Crippen MR) is 82.7 cm³/mol. The molecule has 1 saturated heterocycles.